The van der Waals surface area contributed by atoms with Gasteiger partial charge in [-0.1, -0.05) is 0 Å². The van der Waals surface area contributed by atoms with Crippen LogP contribution in [0.15, 0.2) is 0 Å². The average Bonchev–Trinajstić information content (AvgIpc) is 2.41. The topological polar surface area (TPSA) is 70.7 Å². The van der Waals surface area contributed by atoms with Crippen LogP contribution in [0.4, 0.5) is 0 Å². The van der Waals surface area contributed by atoms with Crippen molar-refractivity contribution in [2.24, 2.45) is 0 Å². The maximum atomic E-state index is 11.9. The normalized spacial score (nSPS) is 21.6. The molecule has 2 rings (SSSR count). The molecule has 0 spiro atoms. The lowest BCUT2D eigenvalue weighted by Gasteiger charge is -2.39. The summed E-state index contributed by atoms with van der Waals surface area (Å²) in [6.45, 7) is 3.19. The first-order chi connectivity index (χ1) is 9.15. The Morgan fingerprint density at radius 2 is 2.00 bits per heavy atom. The Morgan fingerprint density at radius 3 is 2.53 bits per heavy atom. The molecular formula is C13H23N3O3. The molecule has 6 heteroatoms. The highest BCUT2D eigenvalue weighted by Gasteiger charge is 2.39. The van der Waals surface area contributed by atoms with Gasteiger partial charge in [0.25, 0.3) is 0 Å². The minimum absolute atomic E-state index is 0.00470. The van der Waals surface area contributed by atoms with E-state index in [1.807, 2.05) is 0 Å². The van der Waals surface area contributed by atoms with Crippen LogP contribution in [0.5, 0.6) is 0 Å². The van der Waals surface area contributed by atoms with Gasteiger partial charge in [-0.3, -0.25) is 9.59 Å². The second-order valence-electron chi connectivity index (χ2n) is 5.32. The van der Waals surface area contributed by atoms with Gasteiger partial charge < -0.3 is 20.3 Å². The van der Waals surface area contributed by atoms with Crippen molar-refractivity contribution in [3.8, 4) is 0 Å². The molecule has 2 N–H and O–H groups in total. The smallest absolute Gasteiger partial charge is 0.242 e. The monoisotopic (exact) mass is 269 g/mol. The fraction of sp³-hybridized carbons (Fsp3) is 0.846. The molecule has 2 fully saturated rings. The number of carbonyl (C=O) groups is 2. The Labute approximate surface area is 113 Å². The Balaban J connectivity index is 1.69. The maximum absolute atomic E-state index is 11.9. The first-order valence-corrected chi connectivity index (χ1v) is 6.96. The van der Waals surface area contributed by atoms with E-state index in [1.165, 1.54) is 0 Å². The molecule has 1 heterocycles. The van der Waals surface area contributed by atoms with E-state index in [-0.39, 0.29) is 24.0 Å². The Kier molecular flexibility index (Phi) is 4.76. The molecule has 0 aromatic heterocycles. The third-order valence-electron chi connectivity index (χ3n) is 4.09. The minimum Gasteiger partial charge on any atom is -0.378 e. The third-order valence-corrected chi connectivity index (χ3v) is 4.09. The van der Waals surface area contributed by atoms with Crippen LogP contribution in [-0.4, -0.2) is 62.1 Å². The predicted molar refractivity (Wildman–Crippen MR) is 70.7 cm³/mol. The lowest BCUT2D eigenvalue weighted by atomic mass is 9.77. The third kappa shape index (κ3) is 3.67. The van der Waals surface area contributed by atoms with E-state index in [2.05, 4.69) is 10.6 Å². The average molecular weight is 269 g/mol. The molecule has 6 nitrogen and oxygen atoms in total. The van der Waals surface area contributed by atoms with Crippen molar-refractivity contribution in [1.29, 1.82) is 0 Å². The zero-order valence-corrected chi connectivity index (χ0v) is 11.5. The molecule has 1 saturated carbocycles. The molecule has 1 aliphatic heterocycles. The Bertz CT molecular complexity index is 331. The zero-order chi connectivity index (χ0) is 13.7. The van der Waals surface area contributed by atoms with Gasteiger partial charge in [0, 0.05) is 33.3 Å². The Hall–Kier alpha value is -1.14. The fourth-order valence-electron chi connectivity index (χ4n) is 2.58. The molecule has 0 aromatic rings. The molecule has 0 bridgehead atoms. The van der Waals surface area contributed by atoms with Crippen LogP contribution in [0, 0.1) is 0 Å². The molecule has 2 amide bonds. The van der Waals surface area contributed by atoms with Gasteiger partial charge in [0.05, 0.1) is 18.6 Å². The summed E-state index contributed by atoms with van der Waals surface area (Å²) in [7, 11) is 1.65. The van der Waals surface area contributed by atoms with E-state index in [0.29, 0.717) is 6.42 Å². The summed E-state index contributed by atoms with van der Waals surface area (Å²) in [4.78, 5) is 25.5. The van der Waals surface area contributed by atoms with E-state index in [9.17, 15) is 9.59 Å². The number of hydrogen-bond acceptors (Lipinski definition) is 4. The fourth-order valence-corrected chi connectivity index (χ4v) is 2.58. The molecule has 0 radical (unpaired) electrons. The van der Waals surface area contributed by atoms with Gasteiger partial charge in [-0.05, 0) is 19.3 Å². The van der Waals surface area contributed by atoms with Gasteiger partial charge in [-0.15, -0.1) is 0 Å². The highest BCUT2D eigenvalue weighted by molar-refractivity contribution is 5.85. The van der Waals surface area contributed by atoms with Crippen LogP contribution in [0.25, 0.3) is 0 Å². The summed E-state index contributed by atoms with van der Waals surface area (Å²) in [5.41, 5.74) is -0.276. The van der Waals surface area contributed by atoms with Crippen LogP contribution in [0.3, 0.4) is 0 Å². The highest BCUT2D eigenvalue weighted by Crippen LogP contribution is 2.37. The van der Waals surface area contributed by atoms with Crippen LogP contribution < -0.4 is 10.6 Å². The standard InChI is InChI=1S/C13H23N3O3/c1-19-13(3-2-4-13)9-11(17)15-10-12(18)16-7-5-14-6-8-16/h14H,2-10H2,1H3,(H,15,17). The van der Waals surface area contributed by atoms with E-state index in [4.69, 9.17) is 4.74 Å². The molecule has 1 aliphatic carbocycles. The lowest BCUT2D eigenvalue weighted by Crippen LogP contribution is -2.50. The van der Waals surface area contributed by atoms with Crippen LogP contribution in [0.2, 0.25) is 0 Å². The van der Waals surface area contributed by atoms with Crippen LogP contribution >= 0.6 is 0 Å². The number of hydrogen-bond donors (Lipinski definition) is 2. The molecule has 2 aliphatic rings. The number of piperazine rings is 1. The summed E-state index contributed by atoms with van der Waals surface area (Å²) >= 11 is 0. The molecular weight excluding hydrogens is 246 g/mol. The summed E-state index contributed by atoms with van der Waals surface area (Å²) in [6.07, 6.45) is 3.34. The summed E-state index contributed by atoms with van der Waals surface area (Å²) in [6, 6.07) is 0. The molecule has 0 atom stereocenters. The quantitative estimate of drug-likeness (QED) is 0.705. The molecule has 19 heavy (non-hydrogen) atoms. The van der Waals surface area contributed by atoms with Gasteiger partial charge in [-0.25, -0.2) is 0 Å². The van der Waals surface area contributed by atoms with Crippen molar-refractivity contribution < 1.29 is 14.3 Å². The van der Waals surface area contributed by atoms with Gasteiger partial charge >= 0.3 is 0 Å². The zero-order valence-electron chi connectivity index (χ0n) is 11.5. The van der Waals surface area contributed by atoms with Crippen molar-refractivity contribution in [1.82, 2.24) is 15.5 Å². The van der Waals surface area contributed by atoms with Crippen molar-refractivity contribution in [2.45, 2.75) is 31.3 Å². The molecule has 0 aromatic carbocycles. The Morgan fingerprint density at radius 1 is 1.32 bits per heavy atom. The number of rotatable bonds is 5. The largest absolute Gasteiger partial charge is 0.378 e. The van der Waals surface area contributed by atoms with Gasteiger partial charge in [0.15, 0.2) is 0 Å². The van der Waals surface area contributed by atoms with E-state index >= 15 is 0 Å². The maximum Gasteiger partial charge on any atom is 0.242 e. The first kappa shape index (κ1) is 14.3. The first-order valence-electron chi connectivity index (χ1n) is 6.96. The molecule has 108 valence electrons. The second-order valence-corrected chi connectivity index (χ2v) is 5.32. The van der Waals surface area contributed by atoms with Crippen LogP contribution in [-0.2, 0) is 14.3 Å². The number of carbonyl (C=O) groups excluding carboxylic acids is 2. The lowest BCUT2D eigenvalue weighted by molar-refractivity contribution is -0.138. The van der Waals surface area contributed by atoms with Gasteiger partial charge in [0.2, 0.25) is 11.8 Å². The van der Waals surface area contributed by atoms with E-state index < -0.39 is 0 Å². The van der Waals surface area contributed by atoms with E-state index in [1.54, 1.807) is 12.0 Å². The van der Waals surface area contributed by atoms with Gasteiger partial charge in [-0.2, -0.15) is 0 Å². The van der Waals surface area contributed by atoms with Crippen LogP contribution in [0.1, 0.15) is 25.7 Å². The summed E-state index contributed by atoms with van der Waals surface area (Å²) < 4.78 is 5.40. The van der Waals surface area contributed by atoms with E-state index in [0.717, 1.165) is 45.4 Å². The van der Waals surface area contributed by atoms with Crippen molar-refractivity contribution in [3.05, 3.63) is 0 Å². The number of nitrogens with zero attached hydrogens (tertiary/aromatic N) is 1. The highest BCUT2D eigenvalue weighted by atomic mass is 16.5. The second kappa shape index (κ2) is 6.34. The van der Waals surface area contributed by atoms with Crippen molar-refractivity contribution in [3.63, 3.8) is 0 Å². The molecule has 0 unspecified atom stereocenters. The predicted octanol–water partition coefficient (Wildman–Crippen LogP) is -0.506. The molecule has 1 saturated heterocycles. The van der Waals surface area contributed by atoms with Gasteiger partial charge in [0.1, 0.15) is 0 Å². The number of nitrogens with one attached hydrogen (secondary N) is 2. The number of amides is 2. The van der Waals surface area contributed by atoms with Crippen molar-refractivity contribution >= 4 is 11.8 Å². The number of methoxy groups -OCH3 is 1. The minimum atomic E-state index is -0.276. The summed E-state index contributed by atoms with van der Waals surface area (Å²) in [5.74, 6) is -0.0973. The van der Waals surface area contributed by atoms with Crippen molar-refractivity contribution in [2.75, 3.05) is 39.8 Å². The summed E-state index contributed by atoms with van der Waals surface area (Å²) in [5, 5.41) is 5.90. The SMILES string of the molecule is COC1(CC(=O)NCC(=O)N2CCNCC2)CCC1. The number of ether oxygens (including phenoxy) is 1.